The standard InChI is InChI=1S/C27H31N5O3/c1-2-22(20-8-4-3-5-9-20)29-26(33)21-18-23(32-16-17-35-19-24(21)32)27(34)31-14-12-30(13-15-31)25-10-6-7-11-28-25/h3-11,18,22H,2,12-17,19H2,1H3,(H,29,33). The largest absolute Gasteiger partial charge is 0.373 e. The molecule has 2 aliphatic heterocycles. The number of nitrogens with zero attached hydrogens (tertiary/aromatic N) is 4. The molecule has 8 heteroatoms. The van der Waals surface area contributed by atoms with Gasteiger partial charge in [0.05, 0.1) is 30.5 Å². The molecule has 8 nitrogen and oxygen atoms in total. The van der Waals surface area contributed by atoms with Gasteiger partial charge in [-0.3, -0.25) is 9.59 Å². The Labute approximate surface area is 205 Å². The number of anilines is 1. The Kier molecular flexibility index (Phi) is 6.81. The van der Waals surface area contributed by atoms with Gasteiger partial charge in [0.1, 0.15) is 11.5 Å². The third-order valence-corrected chi connectivity index (χ3v) is 6.83. The normalized spacial score (nSPS) is 16.5. The quantitative estimate of drug-likeness (QED) is 0.595. The zero-order chi connectivity index (χ0) is 24.2. The van der Waals surface area contributed by atoms with Crippen molar-refractivity contribution >= 4 is 17.6 Å². The summed E-state index contributed by atoms with van der Waals surface area (Å²) in [6.45, 7) is 6.14. The SMILES string of the molecule is CCC(NC(=O)c1cc(C(=O)N2CCN(c3ccccn3)CC2)n2c1COCC2)c1ccccc1. The highest BCUT2D eigenvalue weighted by Crippen LogP contribution is 2.25. The van der Waals surface area contributed by atoms with E-state index in [0.29, 0.717) is 44.1 Å². The minimum Gasteiger partial charge on any atom is -0.373 e. The zero-order valence-electron chi connectivity index (χ0n) is 20.0. The first-order chi connectivity index (χ1) is 17.2. The van der Waals surface area contributed by atoms with Crippen molar-refractivity contribution in [2.24, 2.45) is 0 Å². The van der Waals surface area contributed by atoms with Gasteiger partial charge < -0.3 is 24.4 Å². The number of aromatic nitrogens is 2. The van der Waals surface area contributed by atoms with Gasteiger partial charge in [-0.25, -0.2) is 4.98 Å². The number of hydrogen-bond acceptors (Lipinski definition) is 5. The van der Waals surface area contributed by atoms with Crippen molar-refractivity contribution in [1.29, 1.82) is 0 Å². The molecule has 1 saturated heterocycles. The Morgan fingerprint density at radius 2 is 1.80 bits per heavy atom. The molecule has 1 atom stereocenters. The first-order valence-corrected chi connectivity index (χ1v) is 12.3. The van der Waals surface area contributed by atoms with E-state index >= 15 is 0 Å². The number of piperazine rings is 1. The summed E-state index contributed by atoms with van der Waals surface area (Å²) in [7, 11) is 0. The van der Waals surface area contributed by atoms with Crippen LogP contribution in [-0.4, -0.2) is 59.1 Å². The number of hydrogen-bond donors (Lipinski definition) is 1. The van der Waals surface area contributed by atoms with E-state index in [0.717, 1.165) is 36.6 Å². The van der Waals surface area contributed by atoms with Crippen LogP contribution in [0.3, 0.4) is 0 Å². The van der Waals surface area contributed by atoms with Crippen molar-refractivity contribution in [1.82, 2.24) is 19.8 Å². The summed E-state index contributed by atoms with van der Waals surface area (Å²) >= 11 is 0. The van der Waals surface area contributed by atoms with Crippen molar-refractivity contribution in [3.8, 4) is 0 Å². The molecule has 182 valence electrons. The lowest BCUT2D eigenvalue weighted by Gasteiger charge is -2.35. The van der Waals surface area contributed by atoms with E-state index in [4.69, 9.17) is 4.74 Å². The fourth-order valence-corrected chi connectivity index (χ4v) is 4.88. The van der Waals surface area contributed by atoms with Gasteiger partial charge in [0.25, 0.3) is 11.8 Å². The molecule has 0 saturated carbocycles. The van der Waals surface area contributed by atoms with Crippen LogP contribution < -0.4 is 10.2 Å². The van der Waals surface area contributed by atoms with Crippen LogP contribution in [0.2, 0.25) is 0 Å². The maximum atomic E-state index is 13.5. The number of ether oxygens (including phenoxy) is 1. The number of benzene rings is 1. The molecule has 1 aromatic carbocycles. The summed E-state index contributed by atoms with van der Waals surface area (Å²) < 4.78 is 7.63. The number of carbonyl (C=O) groups is 2. The van der Waals surface area contributed by atoms with Gasteiger partial charge in [0.2, 0.25) is 0 Å². The fourth-order valence-electron chi connectivity index (χ4n) is 4.88. The number of carbonyl (C=O) groups excluding carboxylic acids is 2. The summed E-state index contributed by atoms with van der Waals surface area (Å²) in [6, 6.07) is 17.5. The molecule has 1 unspecified atom stereocenters. The molecule has 0 bridgehead atoms. The lowest BCUT2D eigenvalue weighted by atomic mass is 10.0. The fraction of sp³-hybridized carbons (Fsp3) is 0.370. The van der Waals surface area contributed by atoms with E-state index in [1.54, 1.807) is 12.3 Å². The average Bonchev–Trinajstić information content (AvgIpc) is 3.32. The van der Waals surface area contributed by atoms with Crippen LogP contribution in [0.5, 0.6) is 0 Å². The molecule has 2 amide bonds. The van der Waals surface area contributed by atoms with Gasteiger partial charge in [-0.1, -0.05) is 43.3 Å². The highest BCUT2D eigenvalue weighted by Gasteiger charge is 2.30. The predicted octanol–water partition coefficient (Wildman–Crippen LogP) is 3.26. The predicted molar refractivity (Wildman–Crippen MR) is 133 cm³/mol. The summed E-state index contributed by atoms with van der Waals surface area (Å²) in [5.74, 6) is 0.719. The van der Waals surface area contributed by atoms with E-state index in [9.17, 15) is 9.59 Å². The van der Waals surface area contributed by atoms with Crippen LogP contribution in [0.15, 0.2) is 60.8 Å². The molecule has 2 aliphatic rings. The highest BCUT2D eigenvalue weighted by atomic mass is 16.5. The summed E-state index contributed by atoms with van der Waals surface area (Å²) in [6.07, 6.45) is 2.56. The number of amides is 2. The minimum absolute atomic E-state index is 0.0389. The Hall–Kier alpha value is -3.65. The molecule has 0 spiro atoms. The molecular weight excluding hydrogens is 442 g/mol. The van der Waals surface area contributed by atoms with Crippen molar-refractivity contribution < 1.29 is 14.3 Å². The Morgan fingerprint density at radius 1 is 1.03 bits per heavy atom. The van der Waals surface area contributed by atoms with Crippen LogP contribution in [0, 0.1) is 0 Å². The lowest BCUT2D eigenvalue weighted by Crippen LogP contribution is -2.49. The monoisotopic (exact) mass is 473 g/mol. The van der Waals surface area contributed by atoms with E-state index in [1.165, 1.54) is 0 Å². The molecule has 1 N–H and O–H groups in total. The maximum Gasteiger partial charge on any atom is 0.270 e. The number of rotatable bonds is 6. The van der Waals surface area contributed by atoms with Gasteiger partial charge in [0.15, 0.2) is 0 Å². The summed E-state index contributed by atoms with van der Waals surface area (Å²) in [5, 5.41) is 3.16. The molecule has 0 radical (unpaired) electrons. The van der Waals surface area contributed by atoms with Gasteiger partial charge in [-0.15, -0.1) is 0 Å². The first kappa shape index (κ1) is 23.1. The average molecular weight is 474 g/mol. The van der Waals surface area contributed by atoms with E-state index in [2.05, 4.69) is 22.1 Å². The van der Waals surface area contributed by atoms with Gasteiger partial charge in [-0.2, -0.15) is 0 Å². The molecule has 2 aromatic heterocycles. The third kappa shape index (κ3) is 4.79. The zero-order valence-corrected chi connectivity index (χ0v) is 20.0. The molecule has 5 rings (SSSR count). The van der Waals surface area contributed by atoms with Crippen molar-refractivity contribution in [3.63, 3.8) is 0 Å². The van der Waals surface area contributed by atoms with E-state index in [-0.39, 0.29) is 17.9 Å². The van der Waals surface area contributed by atoms with Gasteiger partial charge >= 0.3 is 0 Å². The number of fused-ring (bicyclic) bond motifs is 1. The van der Waals surface area contributed by atoms with Crippen LogP contribution >= 0.6 is 0 Å². The molecule has 3 aromatic rings. The third-order valence-electron chi connectivity index (χ3n) is 6.83. The molecular formula is C27H31N5O3. The highest BCUT2D eigenvalue weighted by molar-refractivity contribution is 6.01. The van der Waals surface area contributed by atoms with Gasteiger partial charge in [-0.05, 0) is 30.2 Å². The van der Waals surface area contributed by atoms with Crippen molar-refractivity contribution in [2.45, 2.75) is 32.5 Å². The summed E-state index contributed by atoms with van der Waals surface area (Å²) in [5.41, 5.74) is 2.92. The topological polar surface area (TPSA) is 79.7 Å². The van der Waals surface area contributed by atoms with Crippen LogP contribution in [0.1, 0.15) is 51.5 Å². The second-order valence-electron chi connectivity index (χ2n) is 8.91. The van der Waals surface area contributed by atoms with E-state index in [1.807, 2.05) is 58.0 Å². The first-order valence-electron chi connectivity index (χ1n) is 12.3. The molecule has 1 fully saturated rings. The van der Waals surface area contributed by atoms with Crippen LogP contribution in [0.25, 0.3) is 0 Å². The van der Waals surface area contributed by atoms with Crippen LogP contribution in [-0.2, 0) is 17.9 Å². The number of pyridine rings is 1. The smallest absolute Gasteiger partial charge is 0.270 e. The number of nitrogens with one attached hydrogen (secondary N) is 1. The second-order valence-corrected chi connectivity index (χ2v) is 8.91. The Bertz CT molecular complexity index is 1170. The molecule has 0 aliphatic carbocycles. The van der Waals surface area contributed by atoms with Gasteiger partial charge in [0, 0.05) is 38.9 Å². The Balaban J connectivity index is 1.33. The van der Waals surface area contributed by atoms with Crippen LogP contribution in [0.4, 0.5) is 5.82 Å². The summed E-state index contributed by atoms with van der Waals surface area (Å²) in [4.78, 5) is 35.4. The molecule has 35 heavy (non-hydrogen) atoms. The van der Waals surface area contributed by atoms with E-state index < -0.39 is 0 Å². The van der Waals surface area contributed by atoms with Crippen molar-refractivity contribution in [2.75, 3.05) is 37.7 Å². The minimum atomic E-state index is -0.172. The maximum absolute atomic E-state index is 13.5. The van der Waals surface area contributed by atoms with Crippen molar-refractivity contribution in [3.05, 3.63) is 83.3 Å². The Morgan fingerprint density at radius 3 is 2.51 bits per heavy atom. The second kappa shape index (κ2) is 10.3. The lowest BCUT2D eigenvalue weighted by molar-refractivity contribution is 0.0683. The molecule has 4 heterocycles.